The third kappa shape index (κ3) is 3.25. The SMILES string of the molecule is CCC(C)C(O)CNC(=O)c1c[nH]c2ccc([N+](=O)[O-])cc12. The second-order valence-corrected chi connectivity index (χ2v) is 5.35. The van der Waals surface area contributed by atoms with Crippen LogP contribution in [0.15, 0.2) is 24.4 Å². The normalized spacial score (nSPS) is 13.8. The molecule has 7 heteroatoms. The lowest BCUT2D eigenvalue weighted by molar-refractivity contribution is -0.384. The highest BCUT2D eigenvalue weighted by atomic mass is 16.6. The lowest BCUT2D eigenvalue weighted by atomic mass is 10.0. The molecule has 0 aliphatic heterocycles. The molecule has 3 N–H and O–H groups in total. The molecule has 0 saturated heterocycles. The smallest absolute Gasteiger partial charge is 0.270 e. The van der Waals surface area contributed by atoms with Crippen LogP contribution in [-0.4, -0.2) is 33.6 Å². The molecule has 1 aromatic carbocycles. The number of amides is 1. The predicted octanol–water partition coefficient (Wildman–Crippen LogP) is 2.21. The van der Waals surface area contributed by atoms with Crippen LogP contribution < -0.4 is 5.32 Å². The van der Waals surface area contributed by atoms with Gasteiger partial charge in [-0.05, 0) is 12.0 Å². The molecule has 1 heterocycles. The average molecular weight is 305 g/mol. The zero-order chi connectivity index (χ0) is 16.3. The maximum Gasteiger partial charge on any atom is 0.270 e. The minimum atomic E-state index is -0.617. The molecule has 2 atom stereocenters. The Kier molecular flexibility index (Phi) is 4.77. The fourth-order valence-corrected chi connectivity index (χ4v) is 2.18. The summed E-state index contributed by atoms with van der Waals surface area (Å²) in [5, 5.41) is 23.9. The molecule has 0 aliphatic carbocycles. The van der Waals surface area contributed by atoms with Gasteiger partial charge in [-0.15, -0.1) is 0 Å². The van der Waals surface area contributed by atoms with Crippen molar-refractivity contribution in [1.29, 1.82) is 0 Å². The Labute approximate surface area is 127 Å². The molecule has 1 aromatic heterocycles. The first kappa shape index (κ1) is 16.0. The topological polar surface area (TPSA) is 108 Å². The molecule has 1 amide bonds. The largest absolute Gasteiger partial charge is 0.391 e. The third-order valence-electron chi connectivity index (χ3n) is 3.89. The van der Waals surface area contributed by atoms with Gasteiger partial charge in [-0.1, -0.05) is 20.3 Å². The quantitative estimate of drug-likeness (QED) is 0.561. The van der Waals surface area contributed by atoms with Gasteiger partial charge in [-0.25, -0.2) is 0 Å². The van der Waals surface area contributed by atoms with Crippen LogP contribution in [-0.2, 0) is 0 Å². The van der Waals surface area contributed by atoms with E-state index in [1.807, 2.05) is 13.8 Å². The van der Waals surface area contributed by atoms with E-state index >= 15 is 0 Å². The molecule has 2 aromatic rings. The zero-order valence-electron chi connectivity index (χ0n) is 12.5. The molecule has 0 spiro atoms. The molecular weight excluding hydrogens is 286 g/mol. The Balaban J connectivity index is 2.17. The van der Waals surface area contributed by atoms with Crippen LogP contribution in [0.4, 0.5) is 5.69 Å². The van der Waals surface area contributed by atoms with Crippen molar-refractivity contribution in [2.75, 3.05) is 6.54 Å². The second kappa shape index (κ2) is 6.57. The van der Waals surface area contributed by atoms with E-state index in [0.29, 0.717) is 16.5 Å². The Morgan fingerprint density at radius 1 is 1.50 bits per heavy atom. The van der Waals surface area contributed by atoms with E-state index in [0.717, 1.165) is 6.42 Å². The number of benzene rings is 1. The number of nitrogens with zero attached hydrogens (tertiary/aromatic N) is 1. The number of aromatic nitrogens is 1. The number of fused-ring (bicyclic) bond motifs is 1. The first-order chi connectivity index (χ1) is 10.4. The summed E-state index contributed by atoms with van der Waals surface area (Å²) in [7, 11) is 0. The minimum Gasteiger partial charge on any atom is -0.391 e. The van der Waals surface area contributed by atoms with E-state index in [1.54, 1.807) is 6.07 Å². The number of nitrogens with one attached hydrogen (secondary N) is 2. The van der Waals surface area contributed by atoms with Crippen LogP contribution in [0.1, 0.15) is 30.6 Å². The van der Waals surface area contributed by atoms with E-state index in [4.69, 9.17) is 0 Å². The number of H-pyrrole nitrogens is 1. The van der Waals surface area contributed by atoms with Gasteiger partial charge in [0, 0.05) is 35.8 Å². The average Bonchev–Trinajstić information content (AvgIpc) is 2.94. The van der Waals surface area contributed by atoms with Gasteiger partial charge in [0.2, 0.25) is 0 Å². The van der Waals surface area contributed by atoms with Gasteiger partial charge in [0.25, 0.3) is 11.6 Å². The third-order valence-corrected chi connectivity index (χ3v) is 3.89. The lowest BCUT2D eigenvalue weighted by Gasteiger charge is -2.17. The number of rotatable bonds is 6. The summed E-state index contributed by atoms with van der Waals surface area (Å²) in [6.07, 6.45) is 1.71. The van der Waals surface area contributed by atoms with Crippen LogP contribution in [0, 0.1) is 16.0 Å². The van der Waals surface area contributed by atoms with Crippen molar-refractivity contribution in [2.24, 2.45) is 5.92 Å². The van der Waals surface area contributed by atoms with Crippen molar-refractivity contribution in [3.05, 3.63) is 40.1 Å². The van der Waals surface area contributed by atoms with Gasteiger partial charge in [-0.3, -0.25) is 14.9 Å². The highest BCUT2D eigenvalue weighted by molar-refractivity contribution is 6.07. The van der Waals surface area contributed by atoms with Crippen molar-refractivity contribution >= 4 is 22.5 Å². The van der Waals surface area contributed by atoms with Crippen molar-refractivity contribution in [1.82, 2.24) is 10.3 Å². The van der Waals surface area contributed by atoms with Crippen molar-refractivity contribution in [2.45, 2.75) is 26.4 Å². The van der Waals surface area contributed by atoms with Crippen LogP contribution in [0.25, 0.3) is 10.9 Å². The number of aromatic amines is 1. The van der Waals surface area contributed by atoms with Gasteiger partial charge in [0.05, 0.1) is 16.6 Å². The highest BCUT2D eigenvalue weighted by Gasteiger charge is 2.18. The maximum absolute atomic E-state index is 12.2. The summed E-state index contributed by atoms with van der Waals surface area (Å²) in [4.78, 5) is 25.4. The van der Waals surface area contributed by atoms with Gasteiger partial charge >= 0.3 is 0 Å². The maximum atomic E-state index is 12.2. The number of nitro benzene ring substituents is 1. The number of carbonyl (C=O) groups is 1. The van der Waals surface area contributed by atoms with Crippen molar-refractivity contribution in [3.8, 4) is 0 Å². The lowest BCUT2D eigenvalue weighted by Crippen LogP contribution is -2.35. The predicted molar refractivity (Wildman–Crippen MR) is 82.7 cm³/mol. The Hall–Kier alpha value is -2.41. The van der Waals surface area contributed by atoms with Crippen LogP contribution >= 0.6 is 0 Å². The van der Waals surface area contributed by atoms with E-state index in [1.165, 1.54) is 18.3 Å². The number of hydrogen-bond donors (Lipinski definition) is 3. The fourth-order valence-electron chi connectivity index (χ4n) is 2.18. The van der Waals surface area contributed by atoms with Gasteiger partial charge < -0.3 is 15.4 Å². The van der Waals surface area contributed by atoms with Crippen molar-refractivity contribution in [3.63, 3.8) is 0 Å². The zero-order valence-corrected chi connectivity index (χ0v) is 12.5. The molecule has 22 heavy (non-hydrogen) atoms. The monoisotopic (exact) mass is 305 g/mol. The molecule has 2 unspecified atom stereocenters. The van der Waals surface area contributed by atoms with Crippen molar-refractivity contribution < 1.29 is 14.8 Å². The molecule has 0 fully saturated rings. The highest BCUT2D eigenvalue weighted by Crippen LogP contribution is 2.23. The molecule has 7 nitrogen and oxygen atoms in total. The first-order valence-electron chi connectivity index (χ1n) is 7.15. The first-order valence-corrected chi connectivity index (χ1v) is 7.15. The van der Waals surface area contributed by atoms with Gasteiger partial charge in [0.1, 0.15) is 0 Å². The Morgan fingerprint density at radius 3 is 2.86 bits per heavy atom. The number of aliphatic hydroxyl groups excluding tert-OH is 1. The number of hydrogen-bond acceptors (Lipinski definition) is 4. The van der Waals surface area contributed by atoms with E-state index in [-0.39, 0.29) is 24.1 Å². The molecule has 118 valence electrons. The summed E-state index contributed by atoms with van der Waals surface area (Å²) in [5.41, 5.74) is 0.911. The molecule has 0 bridgehead atoms. The molecule has 0 saturated carbocycles. The minimum absolute atomic E-state index is 0.0687. The summed E-state index contributed by atoms with van der Waals surface area (Å²) >= 11 is 0. The van der Waals surface area contributed by atoms with E-state index in [9.17, 15) is 20.0 Å². The Bertz CT molecular complexity index is 695. The molecule has 0 radical (unpaired) electrons. The van der Waals surface area contributed by atoms with Gasteiger partial charge in [-0.2, -0.15) is 0 Å². The van der Waals surface area contributed by atoms with Crippen LogP contribution in [0.5, 0.6) is 0 Å². The molecular formula is C15H19N3O4. The van der Waals surface area contributed by atoms with Crippen LogP contribution in [0.3, 0.4) is 0 Å². The number of nitro groups is 1. The summed E-state index contributed by atoms with van der Waals surface area (Å²) in [6.45, 7) is 4.02. The van der Waals surface area contributed by atoms with E-state index in [2.05, 4.69) is 10.3 Å². The second-order valence-electron chi connectivity index (χ2n) is 5.35. The van der Waals surface area contributed by atoms with E-state index < -0.39 is 11.0 Å². The Morgan fingerprint density at radius 2 is 2.23 bits per heavy atom. The standard InChI is InChI=1S/C15H19N3O4/c1-3-9(2)14(19)8-17-15(20)12-7-16-13-5-4-10(18(21)22)6-11(12)13/h4-7,9,14,16,19H,3,8H2,1-2H3,(H,17,20). The summed E-state index contributed by atoms with van der Waals surface area (Å²) < 4.78 is 0. The van der Waals surface area contributed by atoms with Gasteiger partial charge in [0.15, 0.2) is 0 Å². The number of non-ortho nitro benzene ring substituents is 1. The number of carbonyl (C=O) groups excluding carboxylic acids is 1. The molecule has 0 aliphatic rings. The molecule has 2 rings (SSSR count). The summed E-state index contributed by atoms with van der Waals surface area (Å²) in [5.74, 6) is -0.279. The fraction of sp³-hybridized carbons (Fsp3) is 0.400. The summed E-state index contributed by atoms with van der Waals surface area (Å²) in [6, 6.07) is 4.32. The number of aliphatic hydroxyl groups is 1. The van der Waals surface area contributed by atoms with Crippen LogP contribution in [0.2, 0.25) is 0 Å².